The number of anilines is 1. The first-order valence-electron chi connectivity index (χ1n) is 5.88. The number of aryl methyl sites for hydroxylation is 2. The summed E-state index contributed by atoms with van der Waals surface area (Å²) < 4.78 is 0. The van der Waals surface area contributed by atoms with E-state index in [-0.39, 0.29) is 0 Å². The number of hydrogen-bond donors (Lipinski definition) is 1. The Bertz CT molecular complexity index is 536. The van der Waals surface area contributed by atoms with Crippen LogP contribution in [0.15, 0.2) is 17.6 Å². The Morgan fingerprint density at radius 3 is 2.72 bits per heavy atom. The maximum Gasteiger partial charge on any atom is 0.131 e. The van der Waals surface area contributed by atoms with Gasteiger partial charge >= 0.3 is 0 Å². The van der Waals surface area contributed by atoms with Crippen molar-refractivity contribution in [2.24, 2.45) is 5.73 Å². The number of rotatable bonds is 4. The topological polar surface area (TPSA) is 55.0 Å². The van der Waals surface area contributed by atoms with Gasteiger partial charge < -0.3 is 10.6 Å². The highest BCUT2D eigenvalue weighted by molar-refractivity contribution is 7.09. The molecule has 0 fully saturated rings. The predicted molar refractivity (Wildman–Crippen MR) is 75.8 cm³/mol. The molecular formula is C13H18N4S. The molecule has 0 radical (unpaired) electrons. The van der Waals surface area contributed by atoms with E-state index in [1.165, 1.54) is 0 Å². The molecule has 0 aliphatic heterocycles. The fourth-order valence-electron chi connectivity index (χ4n) is 1.94. The van der Waals surface area contributed by atoms with Crippen molar-refractivity contribution < 1.29 is 0 Å². The highest BCUT2D eigenvalue weighted by atomic mass is 32.1. The molecule has 0 spiro atoms. The summed E-state index contributed by atoms with van der Waals surface area (Å²) in [7, 11) is 2.03. The van der Waals surface area contributed by atoms with Gasteiger partial charge in [-0.3, -0.25) is 0 Å². The number of nitrogens with two attached hydrogens (primary N) is 1. The summed E-state index contributed by atoms with van der Waals surface area (Å²) >= 11 is 1.68. The molecule has 0 aromatic carbocycles. The van der Waals surface area contributed by atoms with Crippen LogP contribution in [0.3, 0.4) is 0 Å². The third kappa shape index (κ3) is 2.86. The lowest BCUT2D eigenvalue weighted by Gasteiger charge is -2.19. The molecule has 2 N–H and O–H groups in total. The Hall–Kier alpha value is -1.46. The molecule has 5 heteroatoms. The minimum absolute atomic E-state index is 0.531. The average molecular weight is 262 g/mol. The second-order valence-corrected chi connectivity index (χ2v) is 5.46. The summed E-state index contributed by atoms with van der Waals surface area (Å²) in [4.78, 5) is 11.1. The van der Waals surface area contributed by atoms with E-state index in [1.807, 2.05) is 20.2 Å². The zero-order valence-corrected chi connectivity index (χ0v) is 11.8. The Kier molecular flexibility index (Phi) is 3.93. The molecule has 4 nitrogen and oxygen atoms in total. The fraction of sp³-hybridized carbons (Fsp3) is 0.385. The fourth-order valence-corrected chi connectivity index (χ4v) is 2.54. The zero-order valence-electron chi connectivity index (χ0n) is 11.0. The number of thiazole rings is 1. The van der Waals surface area contributed by atoms with Gasteiger partial charge in [0.25, 0.3) is 0 Å². The van der Waals surface area contributed by atoms with Crippen LogP contribution in [0, 0.1) is 13.8 Å². The van der Waals surface area contributed by atoms with E-state index < -0.39 is 0 Å². The summed E-state index contributed by atoms with van der Waals surface area (Å²) in [6, 6.07) is 2.09. The summed E-state index contributed by atoms with van der Waals surface area (Å²) in [6.45, 7) is 5.39. The molecule has 0 atom stereocenters. The van der Waals surface area contributed by atoms with Crippen molar-refractivity contribution in [3.05, 3.63) is 39.5 Å². The van der Waals surface area contributed by atoms with E-state index in [0.29, 0.717) is 6.54 Å². The van der Waals surface area contributed by atoms with Crippen LogP contribution in [0.5, 0.6) is 0 Å². The lowest BCUT2D eigenvalue weighted by atomic mass is 10.2. The molecular weight excluding hydrogens is 244 g/mol. The molecule has 0 unspecified atom stereocenters. The van der Waals surface area contributed by atoms with Gasteiger partial charge in [-0.1, -0.05) is 0 Å². The largest absolute Gasteiger partial charge is 0.354 e. The Morgan fingerprint density at radius 1 is 1.39 bits per heavy atom. The molecule has 96 valence electrons. The van der Waals surface area contributed by atoms with Gasteiger partial charge in [0.15, 0.2) is 0 Å². The third-order valence-electron chi connectivity index (χ3n) is 2.77. The first-order valence-corrected chi connectivity index (χ1v) is 6.76. The van der Waals surface area contributed by atoms with Crippen LogP contribution in [0.1, 0.15) is 21.8 Å². The maximum absolute atomic E-state index is 5.61. The number of aromatic nitrogens is 2. The van der Waals surface area contributed by atoms with Gasteiger partial charge in [-0.05, 0) is 31.0 Å². The molecule has 0 saturated heterocycles. The van der Waals surface area contributed by atoms with Crippen molar-refractivity contribution in [3.8, 4) is 0 Å². The number of pyridine rings is 1. The third-order valence-corrected chi connectivity index (χ3v) is 3.59. The highest BCUT2D eigenvalue weighted by Gasteiger charge is 2.09. The van der Waals surface area contributed by atoms with Crippen LogP contribution in [0.2, 0.25) is 0 Å². The van der Waals surface area contributed by atoms with Gasteiger partial charge in [0.1, 0.15) is 5.82 Å². The second-order valence-electron chi connectivity index (χ2n) is 4.40. The quantitative estimate of drug-likeness (QED) is 0.918. The van der Waals surface area contributed by atoms with Gasteiger partial charge in [0, 0.05) is 25.2 Å². The SMILES string of the molecule is Cc1nc(CN(C)c2ncc(CN)cc2C)cs1. The maximum atomic E-state index is 5.61. The summed E-state index contributed by atoms with van der Waals surface area (Å²) in [5.74, 6) is 0.984. The predicted octanol–water partition coefficient (Wildman–Crippen LogP) is 2.25. The molecule has 0 amide bonds. The van der Waals surface area contributed by atoms with Gasteiger partial charge in [-0.25, -0.2) is 9.97 Å². The smallest absolute Gasteiger partial charge is 0.131 e. The van der Waals surface area contributed by atoms with Crippen LogP contribution in [-0.2, 0) is 13.1 Å². The van der Waals surface area contributed by atoms with Crippen LogP contribution in [0.4, 0.5) is 5.82 Å². The molecule has 0 aliphatic carbocycles. The molecule has 0 saturated carbocycles. The minimum Gasteiger partial charge on any atom is -0.354 e. The van der Waals surface area contributed by atoms with Crippen LogP contribution >= 0.6 is 11.3 Å². The lowest BCUT2D eigenvalue weighted by Crippen LogP contribution is -2.19. The van der Waals surface area contributed by atoms with E-state index in [4.69, 9.17) is 5.73 Å². The minimum atomic E-state index is 0.531. The molecule has 2 aromatic heterocycles. The monoisotopic (exact) mass is 262 g/mol. The van der Waals surface area contributed by atoms with E-state index in [1.54, 1.807) is 11.3 Å². The lowest BCUT2D eigenvalue weighted by molar-refractivity contribution is 0.860. The molecule has 18 heavy (non-hydrogen) atoms. The Morgan fingerprint density at radius 2 is 2.17 bits per heavy atom. The average Bonchev–Trinajstić information content (AvgIpc) is 2.74. The molecule has 2 aromatic rings. The van der Waals surface area contributed by atoms with Crippen molar-refractivity contribution in [2.75, 3.05) is 11.9 Å². The normalized spacial score (nSPS) is 10.7. The van der Waals surface area contributed by atoms with Crippen molar-refractivity contribution in [1.29, 1.82) is 0 Å². The van der Waals surface area contributed by atoms with Crippen molar-refractivity contribution >= 4 is 17.2 Å². The summed E-state index contributed by atoms with van der Waals surface area (Å²) in [5.41, 5.74) is 8.91. The zero-order chi connectivity index (χ0) is 13.1. The highest BCUT2D eigenvalue weighted by Crippen LogP contribution is 2.19. The van der Waals surface area contributed by atoms with E-state index in [2.05, 4.69) is 33.2 Å². The first-order chi connectivity index (χ1) is 8.60. The molecule has 2 heterocycles. The van der Waals surface area contributed by atoms with E-state index >= 15 is 0 Å². The summed E-state index contributed by atoms with van der Waals surface area (Å²) in [6.07, 6.45) is 1.84. The van der Waals surface area contributed by atoms with Crippen molar-refractivity contribution in [3.63, 3.8) is 0 Å². The van der Waals surface area contributed by atoms with Gasteiger partial charge in [-0.15, -0.1) is 11.3 Å². The van der Waals surface area contributed by atoms with Gasteiger partial charge in [0.05, 0.1) is 17.2 Å². The standard InChI is InChI=1S/C13H18N4S/c1-9-4-11(5-14)6-15-13(9)17(3)7-12-8-18-10(2)16-12/h4,6,8H,5,7,14H2,1-3H3. The van der Waals surface area contributed by atoms with E-state index in [0.717, 1.165) is 34.2 Å². The first kappa shape index (κ1) is 13.0. The Balaban J connectivity index is 2.15. The molecule has 2 rings (SSSR count). The van der Waals surface area contributed by atoms with Crippen LogP contribution < -0.4 is 10.6 Å². The second kappa shape index (κ2) is 5.46. The Labute approximate surface area is 111 Å². The van der Waals surface area contributed by atoms with Crippen molar-refractivity contribution in [2.45, 2.75) is 26.9 Å². The molecule has 0 bridgehead atoms. The van der Waals surface area contributed by atoms with Crippen LogP contribution in [0.25, 0.3) is 0 Å². The van der Waals surface area contributed by atoms with Gasteiger partial charge in [-0.2, -0.15) is 0 Å². The van der Waals surface area contributed by atoms with E-state index in [9.17, 15) is 0 Å². The summed E-state index contributed by atoms with van der Waals surface area (Å²) in [5, 5.41) is 3.19. The van der Waals surface area contributed by atoms with Crippen molar-refractivity contribution in [1.82, 2.24) is 9.97 Å². The van der Waals surface area contributed by atoms with Gasteiger partial charge in [0.2, 0.25) is 0 Å². The van der Waals surface area contributed by atoms with Crippen LogP contribution in [-0.4, -0.2) is 17.0 Å². The number of hydrogen-bond acceptors (Lipinski definition) is 5. The number of nitrogens with zero attached hydrogens (tertiary/aromatic N) is 3. The molecule has 0 aliphatic rings.